The molecule has 1 heterocycles. The van der Waals surface area contributed by atoms with Gasteiger partial charge in [-0.15, -0.1) is 0 Å². The van der Waals surface area contributed by atoms with Crippen molar-refractivity contribution in [3.8, 4) is 5.75 Å². The van der Waals surface area contributed by atoms with E-state index in [1.807, 2.05) is 0 Å². The Morgan fingerprint density at radius 3 is 2.93 bits per heavy atom. The molecule has 1 N–H and O–H groups in total. The van der Waals surface area contributed by atoms with Crippen LogP contribution >= 0.6 is 0 Å². The maximum absolute atomic E-state index is 13.1. The van der Waals surface area contributed by atoms with Gasteiger partial charge in [0, 0.05) is 5.56 Å². The number of hydrogen-bond acceptors (Lipinski definition) is 3. The van der Waals surface area contributed by atoms with Gasteiger partial charge in [-0.3, -0.25) is 9.79 Å². The van der Waals surface area contributed by atoms with Gasteiger partial charge in [0.05, 0.1) is 7.11 Å². The maximum Gasteiger partial charge on any atom is 0.247 e. The van der Waals surface area contributed by atoms with Crippen LogP contribution in [0.5, 0.6) is 5.75 Å². The minimum Gasteiger partial charge on any atom is -0.494 e. The Kier molecular flexibility index (Phi) is 2.37. The van der Waals surface area contributed by atoms with Crippen LogP contribution < -0.4 is 10.1 Å². The second-order valence-electron chi connectivity index (χ2n) is 3.06. The van der Waals surface area contributed by atoms with Gasteiger partial charge < -0.3 is 10.1 Å². The molecule has 15 heavy (non-hydrogen) atoms. The Hall–Kier alpha value is -1.91. The summed E-state index contributed by atoms with van der Waals surface area (Å²) in [4.78, 5) is 14.9. The highest BCUT2D eigenvalue weighted by molar-refractivity contribution is 6.12. The van der Waals surface area contributed by atoms with Crippen molar-refractivity contribution in [2.45, 2.75) is 0 Å². The lowest BCUT2D eigenvalue weighted by Crippen LogP contribution is -2.25. The highest BCUT2D eigenvalue weighted by Crippen LogP contribution is 2.18. The van der Waals surface area contributed by atoms with E-state index in [0.717, 1.165) is 0 Å². The molecule has 1 aliphatic heterocycles. The van der Waals surface area contributed by atoms with E-state index in [9.17, 15) is 9.18 Å². The number of ether oxygens (including phenoxy) is 1. The second-order valence-corrected chi connectivity index (χ2v) is 3.06. The molecule has 0 saturated carbocycles. The van der Waals surface area contributed by atoms with Gasteiger partial charge in [-0.1, -0.05) is 0 Å². The van der Waals surface area contributed by atoms with E-state index in [-0.39, 0.29) is 18.2 Å². The fourth-order valence-electron chi connectivity index (χ4n) is 1.33. The highest BCUT2D eigenvalue weighted by Gasteiger charge is 2.16. The van der Waals surface area contributed by atoms with Crippen molar-refractivity contribution in [1.82, 2.24) is 5.32 Å². The number of hydrogen-bond donors (Lipinski definition) is 1. The predicted molar refractivity (Wildman–Crippen MR) is 52.5 cm³/mol. The van der Waals surface area contributed by atoms with Crippen LogP contribution in [0.3, 0.4) is 0 Å². The molecule has 78 valence electrons. The summed E-state index contributed by atoms with van der Waals surface area (Å²) in [5.74, 6) is -0.00545. The summed E-state index contributed by atoms with van der Waals surface area (Å²) < 4.78 is 17.9. The SMILES string of the molecule is COc1cc(C2=NCC(=O)N2)ccc1F. The number of rotatable bonds is 2. The summed E-state index contributed by atoms with van der Waals surface area (Å²) in [5, 5.41) is 2.57. The quantitative estimate of drug-likeness (QED) is 0.778. The molecule has 5 heteroatoms. The molecule has 1 aromatic rings. The van der Waals surface area contributed by atoms with Gasteiger partial charge in [-0.05, 0) is 18.2 Å². The standard InChI is InChI=1S/C10H9FN2O2/c1-15-8-4-6(2-3-7(8)11)10-12-5-9(14)13-10/h2-4H,5H2,1H3,(H,12,13,14). The smallest absolute Gasteiger partial charge is 0.247 e. The summed E-state index contributed by atoms with van der Waals surface area (Å²) >= 11 is 0. The molecule has 2 rings (SSSR count). The molecule has 0 atom stereocenters. The van der Waals surface area contributed by atoms with Crippen molar-refractivity contribution in [1.29, 1.82) is 0 Å². The number of amides is 1. The zero-order valence-corrected chi connectivity index (χ0v) is 8.08. The predicted octanol–water partition coefficient (Wildman–Crippen LogP) is 0.711. The fourth-order valence-corrected chi connectivity index (χ4v) is 1.33. The van der Waals surface area contributed by atoms with E-state index in [1.165, 1.54) is 19.2 Å². The van der Waals surface area contributed by atoms with Gasteiger partial charge >= 0.3 is 0 Å². The number of carbonyl (C=O) groups is 1. The number of nitrogens with zero attached hydrogens (tertiary/aromatic N) is 1. The molecule has 0 spiro atoms. The molecule has 0 saturated heterocycles. The summed E-state index contributed by atoms with van der Waals surface area (Å²) in [5.41, 5.74) is 0.638. The van der Waals surface area contributed by atoms with Crippen LogP contribution in [0.1, 0.15) is 5.56 Å². The Morgan fingerprint density at radius 2 is 2.33 bits per heavy atom. The van der Waals surface area contributed by atoms with E-state index in [1.54, 1.807) is 6.07 Å². The summed E-state index contributed by atoms with van der Waals surface area (Å²) in [6, 6.07) is 4.32. The van der Waals surface area contributed by atoms with Crippen LogP contribution in [-0.4, -0.2) is 25.4 Å². The summed E-state index contributed by atoms with van der Waals surface area (Å²) in [6.07, 6.45) is 0. The second kappa shape index (κ2) is 3.68. The first-order chi connectivity index (χ1) is 7.20. The van der Waals surface area contributed by atoms with Crippen LogP contribution in [0.4, 0.5) is 4.39 Å². The molecule has 1 aromatic carbocycles. The lowest BCUT2D eigenvalue weighted by atomic mass is 10.2. The minimum atomic E-state index is -0.439. The third kappa shape index (κ3) is 1.81. The van der Waals surface area contributed by atoms with Crippen molar-refractivity contribution >= 4 is 11.7 Å². The molecule has 0 unspecified atom stereocenters. The third-order valence-corrected chi connectivity index (χ3v) is 2.06. The molecule has 1 amide bonds. The number of benzene rings is 1. The molecule has 0 fully saturated rings. The van der Waals surface area contributed by atoms with Crippen molar-refractivity contribution in [2.24, 2.45) is 4.99 Å². The molecular weight excluding hydrogens is 199 g/mol. The molecule has 0 radical (unpaired) electrons. The van der Waals surface area contributed by atoms with Crippen LogP contribution in [-0.2, 0) is 4.79 Å². The number of methoxy groups -OCH3 is 1. The topological polar surface area (TPSA) is 50.7 Å². The number of halogens is 1. The van der Waals surface area contributed by atoms with Crippen LogP contribution in [0, 0.1) is 5.82 Å². The van der Waals surface area contributed by atoms with Crippen molar-refractivity contribution in [3.63, 3.8) is 0 Å². The van der Waals surface area contributed by atoms with Gasteiger partial charge in [0.1, 0.15) is 12.4 Å². The van der Waals surface area contributed by atoms with Crippen molar-refractivity contribution in [3.05, 3.63) is 29.6 Å². The fraction of sp³-hybridized carbons (Fsp3) is 0.200. The molecule has 0 aromatic heterocycles. The van der Waals surface area contributed by atoms with Crippen LogP contribution in [0.15, 0.2) is 23.2 Å². The Morgan fingerprint density at radius 1 is 1.53 bits per heavy atom. The monoisotopic (exact) mass is 208 g/mol. The largest absolute Gasteiger partial charge is 0.494 e. The molecule has 1 aliphatic rings. The Balaban J connectivity index is 2.33. The van der Waals surface area contributed by atoms with Gasteiger partial charge in [0.15, 0.2) is 11.6 Å². The molecule has 4 nitrogen and oxygen atoms in total. The molecular formula is C10H9FN2O2. The van der Waals surface area contributed by atoms with E-state index in [2.05, 4.69) is 10.3 Å². The highest BCUT2D eigenvalue weighted by atomic mass is 19.1. The number of nitrogens with one attached hydrogen (secondary N) is 1. The van der Waals surface area contributed by atoms with Crippen molar-refractivity contribution < 1.29 is 13.9 Å². The first-order valence-corrected chi connectivity index (χ1v) is 4.39. The summed E-state index contributed by atoms with van der Waals surface area (Å²) in [7, 11) is 1.39. The van der Waals surface area contributed by atoms with Gasteiger partial charge in [-0.2, -0.15) is 0 Å². The lowest BCUT2D eigenvalue weighted by molar-refractivity contribution is -0.117. The zero-order valence-electron chi connectivity index (χ0n) is 8.08. The summed E-state index contributed by atoms with van der Waals surface area (Å²) in [6.45, 7) is 0.120. The zero-order chi connectivity index (χ0) is 10.8. The molecule has 0 bridgehead atoms. The van der Waals surface area contributed by atoms with Gasteiger partial charge in [0.2, 0.25) is 5.91 Å². The van der Waals surface area contributed by atoms with E-state index >= 15 is 0 Å². The Labute approximate surface area is 85.8 Å². The van der Waals surface area contributed by atoms with E-state index < -0.39 is 5.82 Å². The van der Waals surface area contributed by atoms with E-state index in [0.29, 0.717) is 11.4 Å². The van der Waals surface area contributed by atoms with Gasteiger partial charge in [0.25, 0.3) is 0 Å². The average molecular weight is 208 g/mol. The van der Waals surface area contributed by atoms with Crippen LogP contribution in [0.25, 0.3) is 0 Å². The maximum atomic E-state index is 13.1. The number of aliphatic imine (C=N–C) groups is 1. The Bertz CT molecular complexity index is 443. The first kappa shape index (κ1) is 9.64. The van der Waals surface area contributed by atoms with Crippen molar-refractivity contribution in [2.75, 3.05) is 13.7 Å². The average Bonchev–Trinajstić information content (AvgIpc) is 2.66. The number of carbonyl (C=O) groups excluding carboxylic acids is 1. The minimum absolute atomic E-state index is 0.120. The lowest BCUT2D eigenvalue weighted by Gasteiger charge is -2.05. The molecule has 0 aliphatic carbocycles. The van der Waals surface area contributed by atoms with Crippen LogP contribution in [0.2, 0.25) is 0 Å². The number of amidine groups is 1. The third-order valence-electron chi connectivity index (χ3n) is 2.06. The normalized spacial score (nSPS) is 14.8. The van der Waals surface area contributed by atoms with Gasteiger partial charge in [-0.25, -0.2) is 4.39 Å². The first-order valence-electron chi connectivity index (χ1n) is 4.39. The van der Waals surface area contributed by atoms with E-state index in [4.69, 9.17) is 4.74 Å².